The zero-order valence-corrected chi connectivity index (χ0v) is 20.5. The van der Waals surface area contributed by atoms with E-state index in [0.29, 0.717) is 36.1 Å². The third-order valence-corrected chi connectivity index (χ3v) is 7.65. The minimum atomic E-state index is -0.122. The van der Waals surface area contributed by atoms with Crippen LogP contribution in [0.25, 0.3) is 21.8 Å². The maximum Gasteiger partial charge on any atom is 0.259 e. The molecule has 1 aliphatic heterocycles. The predicted octanol–water partition coefficient (Wildman–Crippen LogP) is 4.12. The fourth-order valence-corrected chi connectivity index (χ4v) is 5.74. The lowest BCUT2D eigenvalue weighted by molar-refractivity contribution is 0.0490. The van der Waals surface area contributed by atoms with Gasteiger partial charge >= 0.3 is 0 Å². The summed E-state index contributed by atoms with van der Waals surface area (Å²) in [5.74, 6) is 0.0640. The molecular weight excluding hydrogens is 442 g/mol. The molecule has 1 saturated heterocycles. The highest BCUT2D eigenvalue weighted by Gasteiger charge is 2.28. The third kappa shape index (κ3) is 4.74. The van der Waals surface area contributed by atoms with Gasteiger partial charge in [-0.25, -0.2) is 0 Å². The molecule has 1 amide bonds. The summed E-state index contributed by atoms with van der Waals surface area (Å²) in [5, 5.41) is 6.11. The summed E-state index contributed by atoms with van der Waals surface area (Å²) >= 11 is 0. The van der Waals surface area contributed by atoms with E-state index in [-0.39, 0.29) is 18.9 Å². The average molecular weight is 482 g/mol. The third-order valence-electron chi connectivity index (χ3n) is 7.65. The molecule has 190 valence electrons. The monoisotopic (exact) mass is 481 g/mol. The molecule has 35 heavy (non-hydrogen) atoms. The van der Waals surface area contributed by atoms with E-state index in [1.54, 1.807) is 13.3 Å². The highest BCUT2D eigenvalue weighted by atomic mass is 16.5. The van der Waals surface area contributed by atoms with Crippen LogP contribution in [-0.2, 0) is 4.74 Å². The minimum absolute atomic E-state index is 0. The Morgan fingerprint density at radius 2 is 1.97 bits per heavy atom. The molecule has 1 atom stereocenters. The van der Waals surface area contributed by atoms with E-state index in [0.717, 1.165) is 60.9 Å². The minimum Gasteiger partial charge on any atom is -0.385 e. The number of hydrogen-bond donors (Lipinski definition) is 1. The number of amides is 1. The highest BCUT2D eigenvalue weighted by Crippen LogP contribution is 2.34. The standard InChI is InChI=1S/C26H35N5O3.CH4/c1-17-13-23-21(24-22(25(32)28-23)15-27-31(24)19-7-4-5-8-19)14-20(17)26(33)30-11-10-29(18(2)16-30)9-6-12-34-3;/h13-15,18-19H,4-12,16H2,1-3H3,(H,28,32);1H4/t18-;/m0./s1. The number of carbonyl (C=O) groups is 1. The van der Waals surface area contributed by atoms with Gasteiger partial charge < -0.3 is 14.6 Å². The second kappa shape index (κ2) is 10.5. The zero-order chi connectivity index (χ0) is 23.8. The Bertz CT molecular complexity index is 1260. The topological polar surface area (TPSA) is 83.5 Å². The van der Waals surface area contributed by atoms with E-state index >= 15 is 0 Å². The van der Waals surface area contributed by atoms with Gasteiger partial charge in [0.1, 0.15) is 0 Å². The molecule has 3 aromatic rings. The van der Waals surface area contributed by atoms with Crippen LogP contribution in [0, 0.1) is 6.92 Å². The van der Waals surface area contributed by atoms with E-state index in [1.165, 1.54) is 12.8 Å². The normalized spacial score (nSPS) is 19.5. The van der Waals surface area contributed by atoms with Crippen LogP contribution < -0.4 is 5.56 Å². The Labute approximate surface area is 207 Å². The molecule has 0 radical (unpaired) electrons. The fourth-order valence-electron chi connectivity index (χ4n) is 5.74. The van der Waals surface area contributed by atoms with Crippen LogP contribution in [0.3, 0.4) is 0 Å². The molecular formula is C27H39N5O3. The van der Waals surface area contributed by atoms with Crippen molar-refractivity contribution in [3.8, 4) is 0 Å². The molecule has 1 aromatic carbocycles. The van der Waals surface area contributed by atoms with E-state index in [4.69, 9.17) is 4.74 Å². The lowest BCUT2D eigenvalue weighted by Crippen LogP contribution is -2.53. The smallest absolute Gasteiger partial charge is 0.259 e. The number of methoxy groups -OCH3 is 1. The van der Waals surface area contributed by atoms with E-state index in [2.05, 4.69) is 21.9 Å². The summed E-state index contributed by atoms with van der Waals surface area (Å²) in [4.78, 5) is 33.8. The molecule has 2 aromatic heterocycles. The summed E-state index contributed by atoms with van der Waals surface area (Å²) in [5.41, 5.74) is 3.09. The molecule has 2 aliphatic rings. The van der Waals surface area contributed by atoms with Crippen LogP contribution in [0.5, 0.6) is 0 Å². The SMILES string of the molecule is C.COCCCN1CCN(C(=O)c2cc3c(cc2C)[nH]c(=O)c2cnn(C4CCCC4)c23)C[C@@H]1C. The first-order chi connectivity index (χ1) is 16.5. The highest BCUT2D eigenvalue weighted by molar-refractivity contribution is 6.07. The number of H-pyrrole nitrogens is 1. The number of benzene rings is 1. The maximum absolute atomic E-state index is 13.7. The van der Waals surface area contributed by atoms with Crippen molar-refractivity contribution in [3.63, 3.8) is 0 Å². The molecule has 2 fully saturated rings. The number of aryl methyl sites for hydroxylation is 1. The number of nitrogens with zero attached hydrogens (tertiary/aromatic N) is 4. The molecule has 8 heteroatoms. The first kappa shape index (κ1) is 25.4. The van der Waals surface area contributed by atoms with Crippen molar-refractivity contribution < 1.29 is 9.53 Å². The van der Waals surface area contributed by atoms with Crippen molar-refractivity contribution >= 4 is 27.7 Å². The molecule has 1 aliphatic carbocycles. The summed E-state index contributed by atoms with van der Waals surface area (Å²) in [6.45, 7) is 8.19. The lowest BCUT2D eigenvalue weighted by Gasteiger charge is -2.40. The molecule has 8 nitrogen and oxygen atoms in total. The lowest BCUT2D eigenvalue weighted by atomic mass is 10.0. The van der Waals surface area contributed by atoms with Crippen molar-refractivity contribution in [2.45, 2.75) is 65.5 Å². The molecule has 3 heterocycles. The largest absolute Gasteiger partial charge is 0.385 e. The molecule has 0 bridgehead atoms. The molecule has 0 unspecified atom stereocenters. The van der Waals surface area contributed by atoms with Gasteiger partial charge in [0.25, 0.3) is 11.5 Å². The number of piperazine rings is 1. The van der Waals surface area contributed by atoms with Crippen molar-refractivity contribution in [2.75, 3.05) is 39.9 Å². The number of carbonyl (C=O) groups excluding carboxylic acids is 1. The van der Waals surface area contributed by atoms with Crippen LogP contribution in [-0.4, -0.2) is 76.4 Å². The van der Waals surface area contributed by atoms with E-state index < -0.39 is 0 Å². The van der Waals surface area contributed by atoms with Crippen molar-refractivity contribution in [1.29, 1.82) is 0 Å². The van der Waals surface area contributed by atoms with E-state index in [9.17, 15) is 9.59 Å². The Kier molecular flexibility index (Phi) is 7.62. The summed E-state index contributed by atoms with van der Waals surface area (Å²) in [7, 11) is 1.73. The number of nitrogens with one attached hydrogen (secondary N) is 1. The number of aromatic nitrogens is 3. The molecule has 1 N–H and O–H groups in total. The van der Waals surface area contributed by atoms with Gasteiger partial charge in [-0.05, 0) is 50.8 Å². The Morgan fingerprint density at radius 3 is 2.69 bits per heavy atom. The molecule has 0 spiro atoms. The first-order valence-corrected chi connectivity index (χ1v) is 12.5. The molecule has 1 saturated carbocycles. The quantitative estimate of drug-likeness (QED) is 0.536. The van der Waals surface area contributed by atoms with Crippen LogP contribution in [0.2, 0.25) is 0 Å². The van der Waals surface area contributed by atoms with E-state index in [1.807, 2.05) is 28.6 Å². The Hall–Kier alpha value is -2.71. The Morgan fingerprint density at radius 1 is 1.20 bits per heavy atom. The summed E-state index contributed by atoms with van der Waals surface area (Å²) in [6, 6.07) is 4.55. The first-order valence-electron chi connectivity index (χ1n) is 12.5. The number of rotatable bonds is 6. The number of hydrogen-bond acceptors (Lipinski definition) is 5. The number of ether oxygens (including phenoxy) is 1. The van der Waals surface area contributed by atoms with Crippen LogP contribution in [0.15, 0.2) is 23.1 Å². The van der Waals surface area contributed by atoms with Crippen molar-refractivity contribution in [2.24, 2.45) is 0 Å². The number of pyridine rings is 1. The van der Waals surface area contributed by atoms with Crippen LogP contribution in [0.1, 0.15) is 68.4 Å². The summed E-state index contributed by atoms with van der Waals surface area (Å²) < 4.78 is 7.22. The van der Waals surface area contributed by atoms with Gasteiger partial charge in [-0.3, -0.25) is 19.2 Å². The number of aromatic amines is 1. The Balaban J connectivity index is 0.00000289. The second-order valence-electron chi connectivity index (χ2n) is 9.94. The maximum atomic E-state index is 13.7. The number of fused-ring (bicyclic) bond motifs is 3. The van der Waals surface area contributed by atoms with Crippen molar-refractivity contribution in [3.05, 3.63) is 39.8 Å². The predicted molar refractivity (Wildman–Crippen MR) is 140 cm³/mol. The zero-order valence-electron chi connectivity index (χ0n) is 20.5. The van der Waals surface area contributed by atoms with Gasteiger partial charge in [-0.2, -0.15) is 5.10 Å². The van der Waals surface area contributed by atoms with Gasteiger partial charge in [-0.15, -0.1) is 0 Å². The average Bonchev–Trinajstić information content (AvgIpc) is 3.50. The van der Waals surface area contributed by atoms with Gasteiger partial charge in [0.05, 0.1) is 28.7 Å². The second-order valence-corrected chi connectivity index (χ2v) is 9.94. The molecule has 5 rings (SSSR count). The van der Waals surface area contributed by atoms with Gasteiger partial charge in [0, 0.05) is 56.9 Å². The van der Waals surface area contributed by atoms with Crippen LogP contribution >= 0.6 is 0 Å². The van der Waals surface area contributed by atoms with Crippen molar-refractivity contribution in [1.82, 2.24) is 24.6 Å². The van der Waals surface area contributed by atoms with Gasteiger partial charge in [0.2, 0.25) is 0 Å². The van der Waals surface area contributed by atoms with Crippen LogP contribution in [0.4, 0.5) is 0 Å². The summed E-state index contributed by atoms with van der Waals surface area (Å²) in [6.07, 6.45) is 7.21. The van der Waals surface area contributed by atoms with Gasteiger partial charge in [-0.1, -0.05) is 20.3 Å². The fraction of sp³-hybridized carbons (Fsp3) is 0.593. The van der Waals surface area contributed by atoms with Gasteiger partial charge in [0.15, 0.2) is 0 Å².